The molecule has 0 spiro atoms. The number of nitrogens with one attached hydrogen (secondary N) is 1. The molecule has 2 atom stereocenters. The summed E-state index contributed by atoms with van der Waals surface area (Å²) in [4.78, 5) is 27.9. The second-order valence-electron chi connectivity index (χ2n) is 6.19. The minimum Gasteiger partial charge on any atom is -0.480 e. The van der Waals surface area contributed by atoms with E-state index in [1.54, 1.807) is 0 Å². The fourth-order valence-electron chi connectivity index (χ4n) is 3.25. The number of carboxylic acids is 1. The number of imidazole rings is 1. The molecular formula is C18H21N3O3. The minimum absolute atomic E-state index is 0.100. The Kier molecular flexibility index (Phi) is 4.49. The fraction of sp³-hybridized carbons (Fsp3) is 0.389. The monoisotopic (exact) mass is 327 g/mol. The second kappa shape index (κ2) is 6.57. The van der Waals surface area contributed by atoms with Gasteiger partial charge in [-0.05, 0) is 18.9 Å². The lowest BCUT2D eigenvalue weighted by molar-refractivity contribution is -0.139. The zero-order valence-corrected chi connectivity index (χ0v) is 13.8. The van der Waals surface area contributed by atoms with E-state index in [1.165, 1.54) is 12.5 Å². The van der Waals surface area contributed by atoms with Crippen LogP contribution >= 0.6 is 0 Å². The molecule has 6 nitrogen and oxygen atoms in total. The van der Waals surface area contributed by atoms with Crippen LogP contribution in [0.3, 0.4) is 0 Å². The van der Waals surface area contributed by atoms with Gasteiger partial charge in [0.15, 0.2) is 11.6 Å². The highest BCUT2D eigenvalue weighted by Crippen LogP contribution is 2.26. The van der Waals surface area contributed by atoms with Crippen LogP contribution in [0.1, 0.15) is 47.5 Å². The summed E-state index contributed by atoms with van der Waals surface area (Å²) < 4.78 is 1.90. The van der Waals surface area contributed by atoms with Gasteiger partial charge in [0.1, 0.15) is 6.04 Å². The molecule has 24 heavy (non-hydrogen) atoms. The minimum atomic E-state index is -0.882. The fourth-order valence-corrected chi connectivity index (χ4v) is 3.25. The summed E-state index contributed by atoms with van der Waals surface area (Å²) in [6.07, 6.45) is 1.10. The van der Waals surface area contributed by atoms with E-state index < -0.39 is 12.0 Å². The lowest BCUT2D eigenvalue weighted by atomic mass is 10.00. The first-order chi connectivity index (χ1) is 11.5. The molecule has 0 fully saturated rings. The average molecular weight is 327 g/mol. The zero-order chi connectivity index (χ0) is 17.3. The van der Waals surface area contributed by atoms with Crippen molar-refractivity contribution in [3.05, 3.63) is 53.1 Å². The van der Waals surface area contributed by atoms with Crippen molar-refractivity contribution in [1.29, 1.82) is 0 Å². The van der Waals surface area contributed by atoms with Crippen molar-refractivity contribution in [2.24, 2.45) is 0 Å². The van der Waals surface area contributed by atoms with E-state index in [-0.39, 0.29) is 11.8 Å². The molecule has 0 saturated carbocycles. The predicted octanol–water partition coefficient (Wildman–Crippen LogP) is 1.99. The molecule has 0 radical (unpaired) electrons. The van der Waals surface area contributed by atoms with Gasteiger partial charge in [-0.2, -0.15) is 0 Å². The largest absolute Gasteiger partial charge is 0.480 e. The first-order valence-corrected chi connectivity index (χ1v) is 8.10. The van der Waals surface area contributed by atoms with Gasteiger partial charge in [0.2, 0.25) is 0 Å². The SMILES string of the molecule is CC(=O)c1nc2c(n1CCc1ccccc1)CC(C(=O)O)NC2C. The van der Waals surface area contributed by atoms with Gasteiger partial charge in [-0.1, -0.05) is 30.3 Å². The summed E-state index contributed by atoms with van der Waals surface area (Å²) in [6.45, 7) is 3.99. The Balaban J connectivity index is 1.95. The molecule has 0 saturated heterocycles. The van der Waals surface area contributed by atoms with E-state index in [1.807, 2.05) is 41.8 Å². The van der Waals surface area contributed by atoms with Crippen LogP contribution in [-0.4, -0.2) is 32.5 Å². The molecule has 2 N–H and O–H groups in total. The molecule has 6 heteroatoms. The van der Waals surface area contributed by atoms with Crippen LogP contribution in [0.25, 0.3) is 0 Å². The highest BCUT2D eigenvalue weighted by atomic mass is 16.4. The Labute approximate surface area is 140 Å². The topological polar surface area (TPSA) is 84.2 Å². The number of nitrogens with zero attached hydrogens (tertiary/aromatic N) is 2. The third kappa shape index (κ3) is 3.10. The molecule has 1 aliphatic heterocycles. The van der Waals surface area contributed by atoms with Crippen LogP contribution in [-0.2, 0) is 24.2 Å². The standard InChI is InChI=1S/C18H21N3O3/c1-11-16-15(10-14(19-11)18(23)24)21(17(20-16)12(2)22)9-8-13-6-4-3-5-7-13/h3-7,11,14,19H,8-10H2,1-2H3,(H,23,24). The van der Waals surface area contributed by atoms with E-state index in [9.17, 15) is 14.7 Å². The molecule has 3 rings (SSSR count). The highest BCUT2D eigenvalue weighted by Gasteiger charge is 2.33. The summed E-state index contributed by atoms with van der Waals surface area (Å²) in [5, 5.41) is 12.4. The number of fused-ring (bicyclic) bond motifs is 1. The van der Waals surface area contributed by atoms with Crippen LogP contribution in [0.4, 0.5) is 0 Å². The van der Waals surface area contributed by atoms with E-state index in [4.69, 9.17) is 0 Å². The van der Waals surface area contributed by atoms with E-state index in [0.717, 1.165) is 17.8 Å². The number of carbonyl (C=O) groups is 2. The normalized spacial score (nSPS) is 19.8. The third-order valence-corrected chi connectivity index (χ3v) is 4.44. The van der Waals surface area contributed by atoms with Gasteiger partial charge >= 0.3 is 5.97 Å². The Morgan fingerprint density at radius 2 is 2.04 bits per heavy atom. The van der Waals surface area contributed by atoms with Crippen molar-refractivity contribution in [2.45, 2.75) is 45.3 Å². The van der Waals surface area contributed by atoms with Gasteiger partial charge in [-0.15, -0.1) is 0 Å². The average Bonchev–Trinajstić information content (AvgIpc) is 2.93. The Morgan fingerprint density at radius 1 is 1.33 bits per heavy atom. The molecule has 0 aliphatic carbocycles. The van der Waals surface area contributed by atoms with Crippen molar-refractivity contribution in [2.75, 3.05) is 0 Å². The van der Waals surface area contributed by atoms with Gasteiger partial charge in [-0.3, -0.25) is 14.9 Å². The number of aromatic nitrogens is 2. The summed E-state index contributed by atoms with van der Waals surface area (Å²) in [6, 6.07) is 9.18. The van der Waals surface area contributed by atoms with Crippen LogP contribution in [0.2, 0.25) is 0 Å². The molecule has 2 unspecified atom stereocenters. The molecule has 2 heterocycles. The number of carbonyl (C=O) groups excluding carboxylic acids is 1. The third-order valence-electron chi connectivity index (χ3n) is 4.44. The molecule has 1 aromatic heterocycles. The molecule has 126 valence electrons. The van der Waals surface area contributed by atoms with Gasteiger partial charge in [0, 0.05) is 31.6 Å². The van der Waals surface area contributed by atoms with Crippen molar-refractivity contribution in [3.8, 4) is 0 Å². The Bertz CT molecular complexity index is 767. The highest BCUT2D eigenvalue weighted by molar-refractivity contribution is 5.91. The van der Waals surface area contributed by atoms with E-state index in [2.05, 4.69) is 10.3 Å². The zero-order valence-electron chi connectivity index (χ0n) is 13.8. The molecular weight excluding hydrogens is 306 g/mol. The van der Waals surface area contributed by atoms with Crippen LogP contribution in [0.5, 0.6) is 0 Å². The Hall–Kier alpha value is -2.47. The quantitative estimate of drug-likeness (QED) is 0.821. The summed E-state index contributed by atoms with van der Waals surface area (Å²) >= 11 is 0. The van der Waals surface area contributed by atoms with Crippen molar-refractivity contribution < 1.29 is 14.7 Å². The van der Waals surface area contributed by atoms with Gasteiger partial charge in [-0.25, -0.2) is 4.98 Å². The first kappa shape index (κ1) is 16.4. The first-order valence-electron chi connectivity index (χ1n) is 8.10. The van der Waals surface area contributed by atoms with Crippen LogP contribution < -0.4 is 5.32 Å². The smallest absolute Gasteiger partial charge is 0.321 e. The maximum Gasteiger partial charge on any atom is 0.321 e. The number of benzene rings is 1. The molecule has 1 aromatic carbocycles. The molecule has 1 aliphatic rings. The number of ketones is 1. The number of rotatable bonds is 5. The lowest BCUT2D eigenvalue weighted by Gasteiger charge is -2.26. The number of hydrogen-bond donors (Lipinski definition) is 2. The predicted molar refractivity (Wildman–Crippen MR) is 89.1 cm³/mol. The van der Waals surface area contributed by atoms with Gasteiger partial charge in [0.25, 0.3) is 0 Å². The maximum atomic E-state index is 12.0. The van der Waals surface area contributed by atoms with Gasteiger partial charge < -0.3 is 9.67 Å². The van der Waals surface area contributed by atoms with E-state index in [0.29, 0.717) is 18.8 Å². The van der Waals surface area contributed by atoms with E-state index >= 15 is 0 Å². The van der Waals surface area contributed by atoms with Gasteiger partial charge in [0.05, 0.1) is 5.69 Å². The van der Waals surface area contributed by atoms with Crippen LogP contribution in [0.15, 0.2) is 30.3 Å². The molecule has 2 aromatic rings. The lowest BCUT2D eigenvalue weighted by Crippen LogP contribution is -2.44. The summed E-state index contributed by atoms with van der Waals surface area (Å²) in [5.41, 5.74) is 2.81. The molecule has 0 bridgehead atoms. The van der Waals surface area contributed by atoms with Crippen molar-refractivity contribution in [3.63, 3.8) is 0 Å². The number of aliphatic carboxylic acids is 1. The summed E-state index contributed by atoms with van der Waals surface area (Å²) in [5.74, 6) is -0.570. The number of carboxylic acid groups (broad SMARTS) is 1. The summed E-state index contributed by atoms with van der Waals surface area (Å²) in [7, 11) is 0. The van der Waals surface area contributed by atoms with Crippen LogP contribution in [0, 0.1) is 0 Å². The molecule has 0 amide bonds. The van der Waals surface area contributed by atoms with Crippen molar-refractivity contribution >= 4 is 11.8 Å². The Morgan fingerprint density at radius 3 is 2.67 bits per heavy atom. The maximum absolute atomic E-state index is 12.0. The number of aryl methyl sites for hydroxylation is 1. The van der Waals surface area contributed by atoms with Crippen molar-refractivity contribution in [1.82, 2.24) is 14.9 Å². The second-order valence-corrected chi connectivity index (χ2v) is 6.19. The number of Topliss-reactive ketones (excluding diaryl/α,β-unsaturated/α-hetero) is 1. The number of hydrogen-bond acceptors (Lipinski definition) is 4.